The summed E-state index contributed by atoms with van der Waals surface area (Å²) in [5.41, 5.74) is 5.00. The molecule has 0 bridgehead atoms. The number of fused-ring (bicyclic) bond motifs is 2. The number of halogens is 2. The molecule has 0 saturated carbocycles. The molecule has 2 aromatic rings. The SMILES string of the molecule is Clc1cc(Cl)c2nc3c(c(N4CCCC4)c2c1)CCCCC3. The summed E-state index contributed by atoms with van der Waals surface area (Å²) < 4.78 is 0. The smallest absolute Gasteiger partial charge is 0.0913 e. The quantitative estimate of drug-likeness (QED) is 0.648. The summed E-state index contributed by atoms with van der Waals surface area (Å²) in [7, 11) is 0. The van der Waals surface area contributed by atoms with E-state index in [2.05, 4.69) is 11.0 Å². The number of hydrogen-bond donors (Lipinski definition) is 0. The molecule has 1 aliphatic carbocycles. The van der Waals surface area contributed by atoms with Gasteiger partial charge in [0, 0.05) is 29.2 Å². The minimum atomic E-state index is 0.676. The number of anilines is 1. The van der Waals surface area contributed by atoms with Crippen molar-refractivity contribution in [3.8, 4) is 0 Å². The molecule has 4 rings (SSSR count). The lowest BCUT2D eigenvalue weighted by atomic mass is 10.0. The molecular weight excluding hydrogens is 315 g/mol. The molecule has 1 aromatic carbocycles. The third-order valence-electron chi connectivity index (χ3n) is 4.93. The van der Waals surface area contributed by atoms with Crippen LogP contribution >= 0.6 is 23.2 Å². The molecule has 1 saturated heterocycles. The Labute approximate surface area is 141 Å². The predicted octanol–water partition coefficient (Wildman–Crippen LogP) is 5.41. The van der Waals surface area contributed by atoms with E-state index in [9.17, 15) is 0 Å². The van der Waals surface area contributed by atoms with E-state index in [4.69, 9.17) is 28.2 Å². The first-order valence-electron chi connectivity index (χ1n) is 8.29. The van der Waals surface area contributed by atoms with Crippen LogP contribution in [0.5, 0.6) is 0 Å². The number of nitrogens with zero attached hydrogens (tertiary/aromatic N) is 2. The van der Waals surface area contributed by atoms with E-state index in [1.807, 2.05) is 6.07 Å². The van der Waals surface area contributed by atoms with Crippen molar-refractivity contribution in [3.63, 3.8) is 0 Å². The first kappa shape index (κ1) is 14.6. The Bertz CT molecular complexity index is 721. The Morgan fingerprint density at radius 3 is 2.50 bits per heavy atom. The average molecular weight is 335 g/mol. The monoisotopic (exact) mass is 334 g/mol. The van der Waals surface area contributed by atoms with Gasteiger partial charge >= 0.3 is 0 Å². The number of aromatic nitrogens is 1. The minimum Gasteiger partial charge on any atom is -0.371 e. The maximum absolute atomic E-state index is 6.46. The molecule has 116 valence electrons. The summed E-state index contributed by atoms with van der Waals surface area (Å²) in [6, 6.07) is 3.86. The highest BCUT2D eigenvalue weighted by Crippen LogP contribution is 2.40. The molecule has 1 fully saturated rings. The Morgan fingerprint density at radius 1 is 0.909 bits per heavy atom. The molecule has 0 spiro atoms. The van der Waals surface area contributed by atoms with Crippen molar-refractivity contribution >= 4 is 39.8 Å². The molecule has 0 radical (unpaired) electrons. The van der Waals surface area contributed by atoms with Gasteiger partial charge in [0.05, 0.1) is 16.2 Å². The van der Waals surface area contributed by atoms with Gasteiger partial charge in [-0.1, -0.05) is 29.6 Å². The van der Waals surface area contributed by atoms with E-state index in [1.165, 1.54) is 49.0 Å². The number of rotatable bonds is 1. The van der Waals surface area contributed by atoms with Gasteiger partial charge in [-0.05, 0) is 56.2 Å². The Hall–Kier alpha value is -0.990. The highest BCUT2D eigenvalue weighted by atomic mass is 35.5. The molecule has 0 amide bonds. The van der Waals surface area contributed by atoms with E-state index < -0.39 is 0 Å². The van der Waals surface area contributed by atoms with Crippen LogP contribution in [0.15, 0.2) is 12.1 Å². The van der Waals surface area contributed by atoms with Crippen LogP contribution in [0.3, 0.4) is 0 Å². The second-order valence-electron chi connectivity index (χ2n) is 6.42. The number of aryl methyl sites for hydroxylation is 1. The number of benzene rings is 1. The largest absolute Gasteiger partial charge is 0.371 e. The lowest BCUT2D eigenvalue weighted by Gasteiger charge is -2.25. The highest BCUT2D eigenvalue weighted by molar-refractivity contribution is 6.38. The molecular formula is C18H20Cl2N2. The zero-order valence-electron chi connectivity index (χ0n) is 12.7. The molecule has 4 heteroatoms. The Balaban J connectivity index is 2.03. The summed E-state index contributed by atoms with van der Waals surface area (Å²) in [6.45, 7) is 2.27. The lowest BCUT2D eigenvalue weighted by Crippen LogP contribution is -2.21. The van der Waals surface area contributed by atoms with Gasteiger partial charge in [-0.3, -0.25) is 4.98 Å². The van der Waals surface area contributed by atoms with Crippen molar-refractivity contribution in [2.45, 2.75) is 44.9 Å². The van der Waals surface area contributed by atoms with E-state index in [0.717, 1.165) is 36.8 Å². The van der Waals surface area contributed by atoms with Gasteiger partial charge in [-0.25, -0.2) is 0 Å². The maximum Gasteiger partial charge on any atom is 0.0913 e. The fraction of sp³-hybridized carbons (Fsp3) is 0.500. The van der Waals surface area contributed by atoms with Gasteiger partial charge in [-0.2, -0.15) is 0 Å². The standard InChI is InChI=1S/C18H20Cl2N2/c19-12-10-14-17(15(20)11-12)21-16-7-3-1-2-6-13(16)18(14)22-8-4-5-9-22/h10-11H,1-9H2. The molecule has 2 aliphatic rings. The van der Waals surface area contributed by atoms with Crippen LogP contribution in [0.25, 0.3) is 10.9 Å². The van der Waals surface area contributed by atoms with E-state index in [-0.39, 0.29) is 0 Å². The summed E-state index contributed by atoms with van der Waals surface area (Å²) in [5.74, 6) is 0. The molecule has 2 heterocycles. The van der Waals surface area contributed by atoms with Crippen LogP contribution in [0.1, 0.15) is 43.4 Å². The van der Waals surface area contributed by atoms with Crippen LogP contribution in [0.2, 0.25) is 10.0 Å². The molecule has 0 atom stereocenters. The van der Waals surface area contributed by atoms with Crippen molar-refractivity contribution in [2.24, 2.45) is 0 Å². The van der Waals surface area contributed by atoms with E-state index >= 15 is 0 Å². The van der Waals surface area contributed by atoms with Crippen molar-refractivity contribution in [1.82, 2.24) is 4.98 Å². The fourth-order valence-electron chi connectivity index (χ4n) is 3.90. The maximum atomic E-state index is 6.46. The minimum absolute atomic E-state index is 0.676. The molecule has 1 aromatic heterocycles. The molecule has 22 heavy (non-hydrogen) atoms. The predicted molar refractivity (Wildman–Crippen MR) is 94.5 cm³/mol. The van der Waals surface area contributed by atoms with Gasteiger partial charge in [0.25, 0.3) is 0 Å². The average Bonchev–Trinajstić information content (AvgIpc) is 2.91. The van der Waals surface area contributed by atoms with Gasteiger partial charge in [0.2, 0.25) is 0 Å². The normalized spacial score (nSPS) is 18.5. The van der Waals surface area contributed by atoms with Gasteiger partial charge in [0.15, 0.2) is 0 Å². The molecule has 0 N–H and O–H groups in total. The third kappa shape index (κ3) is 2.47. The highest BCUT2D eigenvalue weighted by Gasteiger charge is 2.24. The topological polar surface area (TPSA) is 16.1 Å². The van der Waals surface area contributed by atoms with E-state index in [1.54, 1.807) is 0 Å². The van der Waals surface area contributed by atoms with Crippen LogP contribution in [0, 0.1) is 0 Å². The fourth-order valence-corrected chi connectivity index (χ4v) is 4.44. The second kappa shape index (κ2) is 5.90. The Morgan fingerprint density at radius 2 is 1.68 bits per heavy atom. The zero-order valence-corrected chi connectivity index (χ0v) is 14.2. The first-order valence-corrected chi connectivity index (χ1v) is 9.05. The molecule has 2 nitrogen and oxygen atoms in total. The van der Waals surface area contributed by atoms with Crippen molar-refractivity contribution in [3.05, 3.63) is 33.4 Å². The van der Waals surface area contributed by atoms with Gasteiger partial charge in [-0.15, -0.1) is 0 Å². The zero-order chi connectivity index (χ0) is 15.1. The number of pyridine rings is 1. The van der Waals surface area contributed by atoms with Crippen molar-refractivity contribution in [1.29, 1.82) is 0 Å². The van der Waals surface area contributed by atoms with E-state index in [0.29, 0.717) is 10.0 Å². The summed E-state index contributed by atoms with van der Waals surface area (Å²) in [6.07, 6.45) is 8.53. The van der Waals surface area contributed by atoms with Crippen LogP contribution in [0.4, 0.5) is 5.69 Å². The number of hydrogen-bond acceptors (Lipinski definition) is 2. The van der Waals surface area contributed by atoms with Gasteiger partial charge < -0.3 is 4.90 Å². The van der Waals surface area contributed by atoms with Gasteiger partial charge in [0.1, 0.15) is 0 Å². The van der Waals surface area contributed by atoms with Crippen molar-refractivity contribution in [2.75, 3.05) is 18.0 Å². The summed E-state index contributed by atoms with van der Waals surface area (Å²) in [5, 5.41) is 2.52. The Kier molecular flexibility index (Phi) is 3.91. The molecule has 0 unspecified atom stereocenters. The van der Waals surface area contributed by atoms with Crippen LogP contribution in [-0.2, 0) is 12.8 Å². The van der Waals surface area contributed by atoms with Crippen LogP contribution in [-0.4, -0.2) is 18.1 Å². The summed E-state index contributed by atoms with van der Waals surface area (Å²) >= 11 is 12.7. The first-order chi connectivity index (χ1) is 10.7. The van der Waals surface area contributed by atoms with Crippen LogP contribution < -0.4 is 4.90 Å². The third-order valence-corrected chi connectivity index (χ3v) is 5.43. The second-order valence-corrected chi connectivity index (χ2v) is 7.27. The van der Waals surface area contributed by atoms with Crippen molar-refractivity contribution < 1.29 is 0 Å². The molecule has 1 aliphatic heterocycles. The summed E-state index contributed by atoms with van der Waals surface area (Å²) in [4.78, 5) is 7.46. The lowest BCUT2D eigenvalue weighted by molar-refractivity contribution is 0.708.